The normalized spacial score (nSPS) is 13.7. The third-order valence-electron chi connectivity index (χ3n) is 3.79. The highest BCUT2D eigenvalue weighted by molar-refractivity contribution is 9.09. The second-order valence-electron chi connectivity index (χ2n) is 7.39. The largest absolute Gasteiger partial charge is 0.369 e. The maximum atomic E-state index is 12.8. The zero-order valence-corrected chi connectivity index (χ0v) is 18.1. The minimum Gasteiger partial charge on any atom is -0.369 e. The van der Waals surface area contributed by atoms with Crippen molar-refractivity contribution in [2.45, 2.75) is 51.8 Å². The molecule has 2 rings (SSSR count). The fourth-order valence-electron chi connectivity index (χ4n) is 2.36. The predicted octanol–water partition coefficient (Wildman–Crippen LogP) is 4.40. The molecule has 6 heteroatoms. The van der Waals surface area contributed by atoms with Crippen molar-refractivity contribution in [1.82, 2.24) is 5.48 Å². The molecule has 2 atom stereocenters. The number of hydroxylamine groups is 1. The highest BCUT2D eigenvalue weighted by Crippen LogP contribution is 2.15. The molecule has 1 amide bonds. The third kappa shape index (κ3) is 8.10. The van der Waals surface area contributed by atoms with E-state index in [1.807, 2.05) is 81.4 Å². The van der Waals surface area contributed by atoms with Crippen LogP contribution >= 0.6 is 15.9 Å². The summed E-state index contributed by atoms with van der Waals surface area (Å²) < 4.78 is 11.9. The standard InChI is InChI=1S/C22H28BrNO4/c1-22(2,3)28-24-21(25)20(27-16-18-12-8-5-9-13-18)19(14-23)26-15-17-10-6-4-7-11-17/h4-13,19-20H,14-16H2,1-3H3,(H,24,25)/t19-,20-/m1/s1. The lowest BCUT2D eigenvalue weighted by Gasteiger charge is -2.27. The number of rotatable bonds is 10. The van der Waals surface area contributed by atoms with E-state index in [1.165, 1.54) is 0 Å². The van der Waals surface area contributed by atoms with E-state index in [4.69, 9.17) is 14.3 Å². The second-order valence-corrected chi connectivity index (χ2v) is 8.03. The van der Waals surface area contributed by atoms with Crippen LogP contribution in [0, 0.1) is 0 Å². The van der Waals surface area contributed by atoms with Crippen molar-refractivity contribution in [3.05, 3.63) is 71.8 Å². The van der Waals surface area contributed by atoms with E-state index in [1.54, 1.807) is 0 Å². The van der Waals surface area contributed by atoms with Crippen LogP contribution in [0.4, 0.5) is 0 Å². The Balaban J connectivity index is 2.05. The summed E-state index contributed by atoms with van der Waals surface area (Å²) >= 11 is 3.45. The second kappa shape index (κ2) is 11.3. The Morgan fingerprint density at radius 3 is 1.89 bits per heavy atom. The van der Waals surface area contributed by atoms with Gasteiger partial charge < -0.3 is 9.47 Å². The van der Waals surface area contributed by atoms with E-state index in [9.17, 15) is 4.79 Å². The van der Waals surface area contributed by atoms with Crippen molar-refractivity contribution in [2.24, 2.45) is 0 Å². The van der Waals surface area contributed by atoms with Gasteiger partial charge in [-0.15, -0.1) is 0 Å². The van der Waals surface area contributed by atoms with E-state index < -0.39 is 17.8 Å². The molecule has 0 saturated carbocycles. The number of hydrogen-bond donors (Lipinski definition) is 1. The predicted molar refractivity (Wildman–Crippen MR) is 113 cm³/mol. The average molecular weight is 450 g/mol. The topological polar surface area (TPSA) is 56.8 Å². The van der Waals surface area contributed by atoms with E-state index >= 15 is 0 Å². The number of halogens is 1. The highest BCUT2D eigenvalue weighted by Gasteiger charge is 2.31. The Hall–Kier alpha value is -1.73. The first kappa shape index (κ1) is 22.6. The summed E-state index contributed by atoms with van der Waals surface area (Å²) in [5, 5.41) is 0.447. The molecule has 0 unspecified atom stereocenters. The molecule has 152 valence electrons. The SMILES string of the molecule is CC(C)(C)ONC(=O)[C@H](OCc1ccccc1)[C@@H](CBr)OCc1ccccc1. The first-order valence-corrected chi connectivity index (χ1v) is 10.4. The molecule has 5 nitrogen and oxygen atoms in total. The molecule has 0 heterocycles. The fraction of sp³-hybridized carbons (Fsp3) is 0.409. The van der Waals surface area contributed by atoms with E-state index in [-0.39, 0.29) is 5.91 Å². The van der Waals surface area contributed by atoms with Crippen LogP contribution in [0.15, 0.2) is 60.7 Å². The fourth-order valence-corrected chi connectivity index (χ4v) is 2.89. The number of hydrogen-bond acceptors (Lipinski definition) is 4. The maximum absolute atomic E-state index is 12.8. The number of carbonyl (C=O) groups excluding carboxylic acids is 1. The lowest BCUT2D eigenvalue weighted by molar-refractivity contribution is -0.167. The van der Waals surface area contributed by atoms with Crippen molar-refractivity contribution in [3.8, 4) is 0 Å². The van der Waals surface area contributed by atoms with E-state index in [2.05, 4.69) is 21.4 Å². The Bertz CT molecular complexity index is 703. The summed E-state index contributed by atoms with van der Waals surface area (Å²) in [5.41, 5.74) is 4.01. The van der Waals surface area contributed by atoms with Crippen LogP contribution in [0.2, 0.25) is 0 Å². The first-order valence-electron chi connectivity index (χ1n) is 9.24. The van der Waals surface area contributed by atoms with Crippen LogP contribution in [-0.2, 0) is 32.3 Å². The summed E-state index contributed by atoms with van der Waals surface area (Å²) in [6.45, 7) is 6.27. The van der Waals surface area contributed by atoms with Gasteiger partial charge in [0.2, 0.25) is 0 Å². The smallest absolute Gasteiger partial charge is 0.275 e. The summed E-state index contributed by atoms with van der Waals surface area (Å²) in [6, 6.07) is 19.5. The lowest BCUT2D eigenvalue weighted by atomic mass is 10.2. The van der Waals surface area contributed by atoms with Gasteiger partial charge in [-0.05, 0) is 31.9 Å². The molecule has 2 aromatic carbocycles. The Morgan fingerprint density at radius 2 is 1.43 bits per heavy atom. The van der Waals surface area contributed by atoms with Gasteiger partial charge in [0.15, 0.2) is 6.10 Å². The third-order valence-corrected chi connectivity index (χ3v) is 4.42. The molecule has 28 heavy (non-hydrogen) atoms. The molecule has 2 aromatic rings. The van der Waals surface area contributed by atoms with Crippen LogP contribution in [0.25, 0.3) is 0 Å². The first-order chi connectivity index (χ1) is 13.4. The molecule has 0 aromatic heterocycles. The monoisotopic (exact) mass is 449 g/mol. The van der Waals surface area contributed by atoms with Crippen molar-refractivity contribution < 1.29 is 19.1 Å². The number of carbonyl (C=O) groups is 1. The van der Waals surface area contributed by atoms with Crippen LogP contribution in [0.3, 0.4) is 0 Å². The molecule has 0 fully saturated rings. The Kier molecular flexibility index (Phi) is 9.12. The van der Waals surface area contributed by atoms with Gasteiger partial charge in [0.25, 0.3) is 5.91 Å². The van der Waals surface area contributed by atoms with Crippen molar-refractivity contribution >= 4 is 21.8 Å². The highest BCUT2D eigenvalue weighted by atomic mass is 79.9. The van der Waals surface area contributed by atoms with Gasteiger partial charge in [0, 0.05) is 5.33 Å². The quantitative estimate of drug-likeness (QED) is 0.431. The summed E-state index contributed by atoms with van der Waals surface area (Å²) in [7, 11) is 0. The number of nitrogens with one attached hydrogen (secondary N) is 1. The van der Waals surface area contributed by atoms with Crippen LogP contribution in [0.1, 0.15) is 31.9 Å². The number of amides is 1. The molecule has 0 spiro atoms. The van der Waals surface area contributed by atoms with E-state index in [0.717, 1.165) is 11.1 Å². The van der Waals surface area contributed by atoms with Gasteiger partial charge in [-0.1, -0.05) is 76.6 Å². The van der Waals surface area contributed by atoms with Gasteiger partial charge in [-0.25, -0.2) is 5.48 Å². The van der Waals surface area contributed by atoms with Crippen LogP contribution < -0.4 is 5.48 Å². The van der Waals surface area contributed by atoms with Crippen molar-refractivity contribution in [3.63, 3.8) is 0 Å². The number of benzene rings is 2. The zero-order chi connectivity index (χ0) is 20.4. The van der Waals surface area contributed by atoms with Gasteiger partial charge in [-0.2, -0.15) is 0 Å². The molecular weight excluding hydrogens is 422 g/mol. The maximum Gasteiger partial charge on any atom is 0.275 e. The Morgan fingerprint density at radius 1 is 0.929 bits per heavy atom. The average Bonchev–Trinajstić information content (AvgIpc) is 2.69. The number of ether oxygens (including phenoxy) is 2. The Labute approximate surface area is 175 Å². The summed E-state index contributed by atoms with van der Waals surface area (Å²) in [5.74, 6) is -0.372. The molecule has 0 aliphatic carbocycles. The molecule has 0 aliphatic rings. The van der Waals surface area contributed by atoms with Crippen LogP contribution in [-0.4, -0.2) is 29.0 Å². The molecule has 0 aliphatic heterocycles. The molecular formula is C22H28BrNO4. The minimum atomic E-state index is -0.828. The van der Waals surface area contributed by atoms with Gasteiger partial charge in [-0.3, -0.25) is 9.63 Å². The summed E-state index contributed by atoms with van der Waals surface area (Å²) in [4.78, 5) is 18.2. The van der Waals surface area contributed by atoms with Crippen molar-refractivity contribution in [1.29, 1.82) is 0 Å². The molecule has 0 saturated heterocycles. The molecule has 0 radical (unpaired) electrons. The van der Waals surface area contributed by atoms with Gasteiger partial charge in [0.1, 0.15) is 6.10 Å². The molecule has 0 bridgehead atoms. The molecule has 1 N–H and O–H groups in total. The van der Waals surface area contributed by atoms with E-state index in [0.29, 0.717) is 18.5 Å². The van der Waals surface area contributed by atoms with Crippen LogP contribution in [0.5, 0.6) is 0 Å². The lowest BCUT2D eigenvalue weighted by Crippen LogP contribution is -2.47. The van der Waals surface area contributed by atoms with Gasteiger partial charge in [0.05, 0.1) is 18.8 Å². The zero-order valence-electron chi connectivity index (χ0n) is 16.6. The summed E-state index contributed by atoms with van der Waals surface area (Å²) in [6.07, 6.45) is -1.31. The van der Waals surface area contributed by atoms with Crippen molar-refractivity contribution in [2.75, 3.05) is 5.33 Å². The minimum absolute atomic E-state index is 0.298. The number of alkyl halides is 1. The van der Waals surface area contributed by atoms with Gasteiger partial charge >= 0.3 is 0 Å².